The van der Waals surface area contributed by atoms with Crippen LogP contribution in [0.25, 0.3) is 0 Å². The standard InChI is InChI=1S/C19H32O8.C17H32O4.C7H12O3/c1-5-22-15(20)7-9-17(3)24-11-19(12-25-17)13-26-18(4,27-14-19)10-8-16(21)23-6-2;1-13(2)7-15(5)18-9-17(10-19-15)11-20-16(6,21-12-17)8-14(3)4;1-3-10-7(9)5-4-6(2)8/h5-14H2,1-4H3;13-14H,7-12H2,1-6H3;3-5H2,1-2H3/p+1. The third kappa shape index (κ3) is 18.6. The zero-order valence-electron chi connectivity index (χ0n) is 38.7. The molecule has 0 aliphatic carbocycles. The van der Waals surface area contributed by atoms with Crippen molar-refractivity contribution in [3.8, 4) is 0 Å². The maximum Gasteiger partial charge on any atom is 1.00 e. The molecule has 58 heavy (non-hydrogen) atoms. The summed E-state index contributed by atoms with van der Waals surface area (Å²) in [5, 5.41) is 0. The molecule has 0 aromatic heterocycles. The lowest BCUT2D eigenvalue weighted by Gasteiger charge is -2.50. The molecule has 4 aliphatic rings. The molecular weight excluding hydrogens is 756 g/mol. The highest BCUT2D eigenvalue weighted by Crippen LogP contribution is 2.41. The first-order valence-electron chi connectivity index (χ1n) is 21.1. The maximum atomic E-state index is 11.5. The van der Waals surface area contributed by atoms with Crippen molar-refractivity contribution in [1.29, 1.82) is 0 Å². The molecule has 15 heteroatoms. The van der Waals surface area contributed by atoms with Gasteiger partial charge in [-0.3, -0.25) is 14.4 Å². The zero-order valence-corrected chi connectivity index (χ0v) is 37.7. The molecule has 0 unspecified atom stereocenters. The maximum absolute atomic E-state index is 11.5. The van der Waals surface area contributed by atoms with Gasteiger partial charge in [0, 0.05) is 32.1 Å². The molecule has 0 saturated carbocycles. The summed E-state index contributed by atoms with van der Waals surface area (Å²) >= 11 is 0. The molecule has 4 rings (SSSR count). The molecule has 0 radical (unpaired) electrons. The first-order valence-corrected chi connectivity index (χ1v) is 21.1. The number of ketones is 1. The summed E-state index contributed by atoms with van der Waals surface area (Å²) in [4.78, 5) is 44.0. The Morgan fingerprint density at radius 1 is 0.466 bits per heavy atom. The van der Waals surface area contributed by atoms with Gasteiger partial charge in [0.1, 0.15) is 5.78 Å². The predicted octanol–water partition coefficient (Wildman–Crippen LogP) is 6.81. The Kier molecular flexibility index (Phi) is 21.2. The number of carbonyl (C=O) groups is 4. The van der Waals surface area contributed by atoms with Gasteiger partial charge in [-0.05, 0) is 67.2 Å². The summed E-state index contributed by atoms with van der Waals surface area (Å²) in [6.07, 6.45) is 3.68. The molecular formula is C43H77O15+. The van der Waals surface area contributed by atoms with Gasteiger partial charge in [0.05, 0.1) is 103 Å². The van der Waals surface area contributed by atoms with Crippen molar-refractivity contribution in [1.82, 2.24) is 0 Å². The average Bonchev–Trinajstić information content (AvgIpc) is 3.15. The highest BCUT2D eigenvalue weighted by molar-refractivity contribution is 5.80. The van der Waals surface area contributed by atoms with Crippen LogP contribution in [-0.4, -0.2) is 120 Å². The van der Waals surface area contributed by atoms with Crippen LogP contribution in [0.1, 0.15) is 136 Å². The average molecular weight is 834 g/mol. The third-order valence-corrected chi connectivity index (χ3v) is 10.2. The Labute approximate surface area is 348 Å². The number of hydrogen-bond donors (Lipinski definition) is 0. The fraction of sp³-hybridized carbons (Fsp3) is 0.907. The molecule has 0 aromatic rings. The first kappa shape index (κ1) is 51.9. The molecule has 338 valence electrons. The largest absolute Gasteiger partial charge is 1.00 e. The lowest BCUT2D eigenvalue weighted by atomic mass is 9.88. The van der Waals surface area contributed by atoms with Crippen LogP contribution in [0.5, 0.6) is 0 Å². The molecule has 0 atom stereocenters. The number of rotatable bonds is 16. The first-order chi connectivity index (χ1) is 27.1. The van der Waals surface area contributed by atoms with Crippen molar-refractivity contribution in [3.05, 3.63) is 0 Å². The monoisotopic (exact) mass is 834 g/mol. The van der Waals surface area contributed by atoms with Gasteiger partial charge >= 0.3 is 19.3 Å². The van der Waals surface area contributed by atoms with E-state index in [4.69, 9.17) is 47.4 Å². The van der Waals surface area contributed by atoms with Crippen LogP contribution in [0.3, 0.4) is 0 Å². The molecule has 4 heterocycles. The quantitative estimate of drug-likeness (QED) is 0.117. The number of ether oxygens (including phenoxy) is 11. The van der Waals surface area contributed by atoms with Crippen LogP contribution in [0.4, 0.5) is 0 Å². The summed E-state index contributed by atoms with van der Waals surface area (Å²) in [5.41, 5.74) is -0.528. The van der Waals surface area contributed by atoms with Crippen molar-refractivity contribution >= 4 is 23.7 Å². The SMILES string of the molecule is CC(C)CC1(C)OCC2(CO1)COC(C)(CC(C)C)OC2.CCOC(=O)CCC(C)=O.CCOC(=O)CCC1(C)OCC2(CO1)COC(C)(CCC(=O)OCC)OC2.[H+]. The van der Waals surface area contributed by atoms with Gasteiger partial charge < -0.3 is 56.9 Å². The van der Waals surface area contributed by atoms with E-state index in [1.165, 1.54) is 6.92 Å². The van der Waals surface area contributed by atoms with E-state index in [0.717, 1.165) is 12.8 Å². The van der Waals surface area contributed by atoms with E-state index in [0.29, 0.717) is 104 Å². The lowest BCUT2D eigenvalue weighted by Crippen LogP contribution is -2.58. The number of esters is 3. The number of carbonyl (C=O) groups excluding carboxylic acids is 4. The van der Waals surface area contributed by atoms with E-state index < -0.39 is 23.1 Å². The van der Waals surface area contributed by atoms with E-state index in [1.54, 1.807) is 20.8 Å². The van der Waals surface area contributed by atoms with Crippen molar-refractivity contribution < 1.29 is 72.7 Å². The van der Waals surface area contributed by atoms with Crippen LogP contribution < -0.4 is 0 Å². The number of hydrogen-bond acceptors (Lipinski definition) is 15. The lowest BCUT2D eigenvalue weighted by molar-refractivity contribution is -0.364. The third-order valence-electron chi connectivity index (χ3n) is 10.2. The normalized spacial score (nSPS) is 32.1. The molecule has 0 bridgehead atoms. The molecule has 0 aromatic carbocycles. The highest BCUT2D eigenvalue weighted by atomic mass is 16.7. The molecule has 2 spiro atoms. The summed E-state index contributed by atoms with van der Waals surface area (Å²) in [6.45, 7) is 28.6. The summed E-state index contributed by atoms with van der Waals surface area (Å²) in [6, 6.07) is 0. The fourth-order valence-electron chi connectivity index (χ4n) is 6.76. The molecule has 15 nitrogen and oxygen atoms in total. The van der Waals surface area contributed by atoms with Gasteiger partial charge in [0.15, 0.2) is 23.1 Å². The Bertz CT molecular complexity index is 1170. The Hall–Kier alpha value is -2.24. The number of Topliss-reactive ketones (excluding diaryl/α,β-unsaturated/α-hetero) is 1. The minimum Gasteiger partial charge on any atom is -0.466 e. The van der Waals surface area contributed by atoms with Crippen molar-refractivity contribution in [2.75, 3.05) is 72.7 Å². The molecule has 0 amide bonds. The minimum absolute atomic E-state index is 0. The Balaban J connectivity index is 0.000000483. The second-order valence-corrected chi connectivity index (χ2v) is 17.7. The molecule has 4 fully saturated rings. The van der Waals surface area contributed by atoms with Gasteiger partial charge in [-0.2, -0.15) is 0 Å². The van der Waals surface area contributed by atoms with Crippen LogP contribution >= 0.6 is 0 Å². The summed E-state index contributed by atoms with van der Waals surface area (Å²) < 4.78 is 62.3. The summed E-state index contributed by atoms with van der Waals surface area (Å²) in [7, 11) is 0. The molecule has 4 aliphatic heterocycles. The smallest absolute Gasteiger partial charge is 0.466 e. The topological polar surface area (TPSA) is 170 Å². The van der Waals surface area contributed by atoms with E-state index in [2.05, 4.69) is 32.4 Å². The highest BCUT2D eigenvalue weighted by Gasteiger charge is 2.50. The van der Waals surface area contributed by atoms with Crippen LogP contribution in [0.15, 0.2) is 0 Å². The van der Waals surface area contributed by atoms with Crippen molar-refractivity contribution in [2.45, 2.75) is 158 Å². The fourth-order valence-corrected chi connectivity index (χ4v) is 6.76. The van der Waals surface area contributed by atoms with Crippen LogP contribution in [0.2, 0.25) is 0 Å². The predicted molar refractivity (Wildman–Crippen MR) is 214 cm³/mol. The summed E-state index contributed by atoms with van der Waals surface area (Å²) in [5.74, 6) is -2.23. The van der Waals surface area contributed by atoms with E-state index in [-0.39, 0.29) is 55.2 Å². The zero-order chi connectivity index (χ0) is 43.7. The van der Waals surface area contributed by atoms with Gasteiger partial charge in [-0.25, -0.2) is 0 Å². The van der Waals surface area contributed by atoms with Gasteiger partial charge in [0.25, 0.3) is 0 Å². The van der Waals surface area contributed by atoms with Gasteiger partial charge in [0.2, 0.25) is 0 Å². The van der Waals surface area contributed by atoms with Gasteiger partial charge in [-0.15, -0.1) is 0 Å². The van der Waals surface area contributed by atoms with Gasteiger partial charge in [-0.1, -0.05) is 27.7 Å². The molecule has 4 saturated heterocycles. The van der Waals surface area contributed by atoms with E-state index >= 15 is 0 Å². The Morgan fingerprint density at radius 2 is 0.724 bits per heavy atom. The van der Waals surface area contributed by atoms with E-state index in [1.807, 2.05) is 27.7 Å². The molecule has 0 N–H and O–H groups in total. The minimum atomic E-state index is -0.817. The second kappa shape index (κ2) is 23.7. The van der Waals surface area contributed by atoms with Crippen LogP contribution in [0, 0.1) is 22.7 Å². The Morgan fingerprint density at radius 3 is 0.966 bits per heavy atom. The van der Waals surface area contributed by atoms with Crippen molar-refractivity contribution in [2.24, 2.45) is 22.7 Å². The van der Waals surface area contributed by atoms with E-state index in [9.17, 15) is 19.2 Å². The second-order valence-electron chi connectivity index (χ2n) is 17.7. The van der Waals surface area contributed by atoms with Crippen molar-refractivity contribution in [3.63, 3.8) is 0 Å². The van der Waals surface area contributed by atoms with Crippen LogP contribution in [-0.2, 0) is 71.3 Å².